The molecule has 1 heterocycles. The molecule has 0 aliphatic rings. The van der Waals surface area contributed by atoms with Crippen molar-refractivity contribution in [1.29, 1.82) is 0 Å². The van der Waals surface area contributed by atoms with Crippen LogP contribution >= 0.6 is 0 Å². The smallest absolute Gasteiger partial charge is 0.227 e. The van der Waals surface area contributed by atoms with E-state index in [4.69, 9.17) is 5.73 Å². The highest BCUT2D eigenvalue weighted by Gasteiger charge is 2.34. The van der Waals surface area contributed by atoms with Gasteiger partial charge in [-0.15, -0.1) is 0 Å². The summed E-state index contributed by atoms with van der Waals surface area (Å²) in [7, 11) is 0. The zero-order valence-corrected chi connectivity index (χ0v) is 15.3. The number of rotatable bonds is 7. The van der Waals surface area contributed by atoms with E-state index >= 15 is 0 Å². The molecule has 5 nitrogen and oxygen atoms in total. The summed E-state index contributed by atoms with van der Waals surface area (Å²) in [6.45, 7) is 8.16. The normalized spacial score (nSPS) is 12.9. The Kier molecular flexibility index (Phi) is 5.95. The van der Waals surface area contributed by atoms with Gasteiger partial charge in [0.25, 0.3) is 0 Å². The minimum Gasteiger partial charge on any atom is -0.349 e. The van der Waals surface area contributed by atoms with Gasteiger partial charge in [0.05, 0.1) is 23.3 Å². The maximum Gasteiger partial charge on any atom is 0.227 e. The van der Waals surface area contributed by atoms with Gasteiger partial charge >= 0.3 is 0 Å². The lowest BCUT2D eigenvalue weighted by Crippen LogP contribution is -2.46. The van der Waals surface area contributed by atoms with Crippen molar-refractivity contribution in [3.63, 3.8) is 0 Å². The Balaban J connectivity index is 2.22. The first kappa shape index (κ1) is 19.1. The van der Waals surface area contributed by atoms with Crippen LogP contribution < -0.4 is 11.1 Å². The van der Waals surface area contributed by atoms with Gasteiger partial charge < -0.3 is 11.1 Å². The molecule has 0 radical (unpaired) electrons. The average molecular weight is 346 g/mol. The van der Waals surface area contributed by atoms with Gasteiger partial charge in [-0.1, -0.05) is 13.8 Å². The number of benzene rings is 1. The number of carbonyl (C=O) groups excluding carboxylic acids is 1. The Hall–Kier alpha value is -2.21. The Morgan fingerprint density at radius 3 is 2.44 bits per heavy atom. The van der Waals surface area contributed by atoms with E-state index in [-0.39, 0.29) is 17.8 Å². The predicted molar refractivity (Wildman–Crippen MR) is 96.9 cm³/mol. The van der Waals surface area contributed by atoms with E-state index in [2.05, 4.69) is 10.4 Å². The molecule has 0 fully saturated rings. The molecule has 6 heteroatoms. The number of nitrogens with two attached hydrogens (primary N) is 1. The molecule has 136 valence electrons. The molecule has 0 aliphatic carbocycles. The third kappa shape index (κ3) is 3.74. The van der Waals surface area contributed by atoms with Crippen molar-refractivity contribution in [2.45, 2.75) is 46.6 Å². The van der Waals surface area contributed by atoms with Crippen LogP contribution in [0.4, 0.5) is 4.39 Å². The Labute approximate surface area is 148 Å². The Morgan fingerprint density at radius 1 is 1.32 bits per heavy atom. The fourth-order valence-corrected chi connectivity index (χ4v) is 3.07. The van der Waals surface area contributed by atoms with E-state index in [1.165, 1.54) is 12.1 Å². The number of nitrogens with one attached hydrogen (secondary N) is 1. The second-order valence-electron chi connectivity index (χ2n) is 6.46. The molecular formula is C19H27FN4O. The van der Waals surface area contributed by atoms with Crippen LogP contribution in [0.2, 0.25) is 0 Å². The lowest BCUT2D eigenvalue weighted by molar-refractivity contribution is -0.131. The maximum absolute atomic E-state index is 13.1. The molecule has 1 aromatic heterocycles. The lowest BCUT2D eigenvalue weighted by atomic mass is 9.81. The van der Waals surface area contributed by atoms with Crippen LogP contribution in [0.1, 0.15) is 50.9 Å². The summed E-state index contributed by atoms with van der Waals surface area (Å²) in [4.78, 5) is 12.7. The Bertz CT molecular complexity index is 711. The third-order valence-electron chi connectivity index (χ3n) is 5.16. The predicted octanol–water partition coefficient (Wildman–Crippen LogP) is 3.26. The van der Waals surface area contributed by atoms with Gasteiger partial charge in [-0.05, 0) is 51.0 Å². The van der Waals surface area contributed by atoms with Crippen molar-refractivity contribution < 1.29 is 9.18 Å². The van der Waals surface area contributed by atoms with Crippen LogP contribution in [0.15, 0.2) is 30.5 Å². The van der Waals surface area contributed by atoms with Crippen LogP contribution in [0.25, 0.3) is 5.69 Å². The standard InChI is InChI=1S/C19H27FN4O/c1-5-19(6-2,12-21)18(25)23-13(3)17-11-22-24(14(17)4)16-9-7-15(20)8-10-16/h7-11,13H,5-6,12,21H2,1-4H3,(H,23,25). The zero-order chi connectivity index (χ0) is 18.6. The highest BCUT2D eigenvalue weighted by molar-refractivity contribution is 5.83. The van der Waals surface area contributed by atoms with E-state index in [0.29, 0.717) is 19.4 Å². The molecule has 0 aliphatic heterocycles. The number of nitrogens with zero attached hydrogens (tertiary/aromatic N) is 2. The number of amides is 1. The second-order valence-corrected chi connectivity index (χ2v) is 6.46. The summed E-state index contributed by atoms with van der Waals surface area (Å²) in [5.74, 6) is -0.312. The first-order valence-corrected chi connectivity index (χ1v) is 8.70. The summed E-state index contributed by atoms with van der Waals surface area (Å²) in [5, 5.41) is 7.46. The topological polar surface area (TPSA) is 72.9 Å². The van der Waals surface area contributed by atoms with Crippen LogP contribution in [0.5, 0.6) is 0 Å². The van der Waals surface area contributed by atoms with Gasteiger partial charge in [-0.3, -0.25) is 4.79 Å². The second kappa shape index (κ2) is 7.78. The molecule has 1 unspecified atom stereocenters. The first-order chi connectivity index (χ1) is 11.9. The number of hydrogen-bond donors (Lipinski definition) is 2. The van der Waals surface area contributed by atoms with Crippen LogP contribution in [0, 0.1) is 18.2 Å². The van der Waals surface area contributed by atoms with E-state index in [1.54, 1.807) is 23.0 Å². The van der Waals surface area contributed by atoms with Gasteiger partial charge in [0.2, 0.25) is 5.91 Å². The molecule has 0 bridgehead atoms. The minimum atomic E-state index is -0.533. The molecule has 0 spiro atoms. The molecule has 1 aromatic carbocycles. The zero-order valence-electron chi connectivity index (χ0n) is 15.3. The van der Waals surface area contributed by atoms with Gasteiger partial charge in [0.1, 0.15) is 5.82 Å². The number of aromatic nitrogens is 2. The van der Waals surface area contributed by atoms with Crippen molar-refractivity contribution in [2.24, 2.45) is 11.1 Å². The van der Waals surface area contributed by atoms with Crippen molar-refractivity contribution in [2.75, 3.05) is 6.54 Å². The summed E-state index contributed by atoms with van der Waals surface area (Å²) < 4.78 is 14.8. The van der Waals surface area contributed by atoms with Crippen LogP contribution in [-0.2, 0) is 4.79 Å². The number of carbonyl (C=O) groups is 1. The summed E-state index contributed by atoms with van der Waals surface area (Å²) in [6, 6.07) is 5.97. The van der Waals surface area contributed by atoms with E-state index in [9.17, 15) is 9.18 Å². The van der Waals surface area contributed by atoms with Gasteiger partial charge in [-0.25, -0.2) is 9.07 Å². The fourth-order valence-electron chi connectivity index (χ4n) is 3.07. The van der Waals surface area contributed by atoms with Crippen molar-refractivity contribution in [1.82, 2.24) is 15.1 Å². The van der Waals surface area contributed by atoms with E-state index < -0.39 is 5.41 Å². The molecule has 25 heavy (non-hydrogen) atoms. The van der Waals surface area contributed by atoms with Gasteiger partial charge in [0.15, 0.2) is 0 Å². The highest BCUT2D eigenvalue weighted by atomic mass is 19.1. The molecule has 2 rings (SSSR count). The molecule has 1 amide bonds. The maximum atomic E-state index is 13.1. The van der Waals surface area contributed by atoms with E-state index in [1.807, 2.05) is 27.7 Å². The lowest BCUT2D eigenvalue weighted by Gasteiger charge is -2.30. The summed E-state index contributed by atoms with van der Waals surface area (Å²) in [5.41, 5.74) is 7.94. The molecule has 0 saturated carbocycles. The number of halogens is 1. The molecule has 2 aromatic rings. The quantitative estimate of drug-likeness (QED) is 0.808. The van der Waals surface area contributed by atoms with E-state index in [0.717, 1.165) is 16.9 Å². The summed E-state index contributed by atoms with van der Waals surface area (Å²) >= 11 is 0. The monoisotopic (exact) mass is 346 g/mol. The highest BCUT2D eigenvalue weighted by Crippen LogP contribution is 2.27. The van der Waals surface area contributed by atoms with Crippen molar-refractivity contribution in [3.05, 3.63) is 47.5 Å². The molecular weight excluding hydrogens is 319 g/mol. The van der Waals surface area contributed by atoms with Crippen LogP contribution in [-0.4, -0.2) is 22.2 Å². The average Bonchev–Trinajstić information content (AvgIpc) is 2.99. The van der Waals surface area contributed by atoms with Gasteiger partial charge in [-0.2, -0.15) is 5.10 Å². The first-order valence-electron chi connectivity index (χ1n) is 8.70. The largest absolute Gasteiger partial charge is 0.349 e. The van der Waals surface area contributed by atoms with Crippen molar-refractivity contribution in [3.8, 4) is 5.69 Å². The van der Waals surface area contributed by atoms with Crippen molar-refractivity contribution >= 4 is 5.91 Å². The minimum absolute atomic E-state index is 0.0265. The SMILES string of the molecule is CCC(CC)(CN)C(=O)NC(C)c1cnn(-c2ccc(F)cc2)c1C. The number of hydrogen-bond acceptors (Lipinski definition) is 3. The van der Waals surface area contributed by atoms with Gasteiger partial charge in [0, 0.05) is 17.8 Å². The third-order valence-corrected chi connectivity index (χ3v) is 5.16. The summed E-state index contributed by atoms with van der Waals surface area (Å²) in [6.07, 6.45) is 3.14. The molecule has 1 atom stereocenters. The molecule has 0 saturated heterocycles. The molecule has 3 N–H and O–H groups in total. The van der Waals surface area contributed by atoms with Crippen LogP contribution in [0.3, 0.4) is 0 Å². The Morgan fingerprint density at radius 2 is 1.92 bits per heavy atom. The fraction of sp³-hybridized carbons (Fsp3) is 0.474.